The standard InChI is InChI=1S/C11H15NO/c12-6-11-4-7-1-8(5-11)3-9(2-7)10(11)13/h7-10,13H,1-5H2/t7-,8+,9?,10-,11?/m0/s1. The van der Waals surface area contributed by atoms with Gasteiger partial charge in [0.25, 0.3) is 0 Å². The van der Waals surface area contributed by atoms with Crippen molar-refractivity contribution in [1.29, 1.82) is 5.26 Å². The topological polar surface area (TPSA) is 44.0 Å². The SMILES string of the molecule is N#CC12C[C@@H]3CC(C[C@@H](C3)C1)[C@@H]2O. The normalized spacial score (nSPS) is 57.8. The van der Waals surface area contributed by atoms with Crippen molar-refractivity contribution in [2.75, 3.05) is 0 Å². The number of aliphatic hydroxyl groups excluding tert-OH is 1. The molecule has 4 fully saturated rings. The minimum absolute atomic E-state index is 0.315. The van der Waals surface area contributed by atoms with E-state index in [0.29, 0.717) is 5.92 Å². The Morgan fingerprint density at radius 1 is 1.15 bits per heavy atom. The van der Waals surface area contributed by atoms with Crippen molar-refractivity contribution in [3.8, 4) is 6.07 Å². The van der Waals surface area contributed by atoms with Gasteiger partial charge < -0.3 is 5.11 Å². The molecule has 0 amide bonds. The Hall–Kier alpha value is -0.550. The molecule has 0 aromatic heterocycles. The summed E-state index contributed by atoms with van der Waals surface area (Å²) in [6.07, 6.45) is 5.31. The summed E-state index contributed by atoms with van der Waals surface area (Å²) in [6, 6.07) is 2.41. The summed E-state index contributed by atoms with van der Waals surface area (Å²) < 4.78 is 0. The lowest BCUT2D eigenvalue weighted by atomic mass is 9.49. The second kappa shape index (κ2) is 2.27. The highest BCUT2D eigenvalue weighted by atomic mass is 16.3. The van der Waals surface area contributed by atoms with Crippen LogP contribution in [0.25, 0.3) is 0 Å². The van der Waals surface area contributed by atoms with Gasteiger partial charge in [-0.15, -0.1) is 0 Å². The van der Waals surface area contributed by atoms with Crippen LogP contribution in [0.2, 0.25) is 0 Å². The maximum atomic E-state index is 10.1. The van der Waals surface area contributed by atoms with Crippen LogP contribution in [0, 0.1) is 34.5 Å². The molecule has 2 heteroatoms. The van der Waals surface area contributed by atoms with Crippen LogP contribution >= 0.6 is 0 Å². The van der Waals surface area contributed by atoms with Crippen molar-refractivity contribution in [3.05, 3.63) is 0 Å². The lowest BCUT2D eigenvalue weighted by molar-refractivity contribution is -0.127. The number of rotatable bonds is 0. The van der Waals surface area contributed by atoms with Gasteiger partial charge in [-0.2, -0.15) is 5.26 Å². The number of aliphatic hydroxyl groups is 1. The summed E-state index contributed by atoms with van der Waals surface area (Å²) in [5.74, 6) is 1.95. The fraction of sp³-hybridized carbons (Fsp3) is 0.909. The van der Waals surface area contributed by atoms with Gasteiger partial charge in [-0.1, -0.05) is 0 Å². The van der Waals surface area contributed by atoms with Crippen LogP contribution in [0.4, 0.5) is 0 Å². The summed E-state index contributed by atoms with van der Waals surface area (Å²) in [5, 5.41) is 19.2. The lowest BCUT2D eigenvalue weighted by Crippen LogP contribution is -2.55. The second-order valence-corrected chi connectivity index (χ2v) is 5.32. The first-order chi connectivity index (χ1) is 6.23. The molecule has 4 bridgehead atoms. The van der Waals surface area contributed by atoms with E-state index in [9.17, 15) is 10.4 Å². The van der Waals surface area contributed by atoms with Crippen LogP contribution in [-0.2, 0) is 0 Å². The molecule has 4 saturated carbocycles. The maximum absolute atomic E-state index is 10.1. The molecular weight excluding hydrogens is 162 g/mol. The third-order valence-corrected chi connectivity index (χ3v) is 4.48. The van der Waals surface area contributed by atoms with Crippen molar-refractivity contribution < 1.29 is 5.11 Å². The summed E-state index contributed by atoms with van der Waals surface area (Å²) >= 11 is 0. The number of hydrogen-bond acceptors (Lipinski definition) is 2. The Kier molecular flexibility index (Phi) is 1.37. The van der Waals surface area contributed by atoms with Crippen molar-refractivity contribution in [1.82, 2.24) is 0 Å². The minimum Gasteiger partial charge on any atom is -0.391 e. The Bertz CT molecular complexity index is 266. The summed E-state index contributed by atoms with van der Waals surface area (Å²) in [7, 11) is 0. The molecule has 4 aliphatic carbocycles. The highest BCUT2D eigenvalue weighted by Crippen LogP contribution is 2.59. The van der Waals surface area contributed by atoms with Crippen molar-refractivity contribution in [3.63, 3.8) is 0 Å². The fourth-order valence-electron chi connectivity index (χ4n) is 4.17. The molecule has 70 valence electrons. The number of nitriles is 1. The van der Waals surface area contributed by atoms with Crippen molar-refractivity contribution >= 4 is 0 Å². The zero-order chi connectivity index (χ0) is 9.05. The van der Waals surface area contributed by atoms with E-state index >= 15 is 0 Å². The molecule has 2 nitrogen and oxygen atoms in total. The van der Waals surface area contributed by atoms with E-state index in [1.165, 1.54) is 19.3 Å². The number of hydrogen-bond donors (Lipinski definition) is 1. The summed E-state index contributed by atoms with van der Waals surface area (Å²) in [5.41, 5.74) is -0.339. The first kappa shape index (κ1) is 7.82. The van der Waals surface area contributed by atoms with Crippen LogP contribution < -0.4 is 0 Å². The molecule has 0 spiro atoms. The molecule has 5 atom stereocenters. The van der Waals surface area contributed by atoms with Crippen LogP contribution in [0.3, 0.4) is 0 Å². The minimum atomic E-state index is -0.339. The molecule has 0 saturated heterocycles. The monoisotopic (exact) mass is 177 g/mol. The molecule has 0 heterocycles. The zero-order valence-corrected chi connectivity index (χ0v) is 7.74. The van der Waals surface area contributed by atoms with Gasteiger partial charge in [0.05, 0.1) is 17.6 Å². The van der Waals surface area contributed by atoms with E-state index < -0.39 is 0 Å². The average Bonchev–Trinajstić information content (AvgIpc) is 2.12. The second-order valence-electron chi connectivity index (χ2n) is 5.32. The third kappa shape index (κ3) is 0.862. The largest absolute Gasteiger partial charge is 0.391 e. The Morgan fingerprint density at radius 2 is 1.77 bits per heavy atom. The first-order valence-electron chi connectivity index (χ1n) is 5.33. The van der Waals surface area contributed by atoms with E-state index in [1.54, 1.807) is 0 Å². The highest BCUT2D eigenvalue weighted by Gasteiger charge is 2.57. The van der Waals surface area contributed by atoms with E-state index in [-0.39, 0.29) is 11.5 Å². The Labute approximate surface area is 78.6 Å². The van der Waals surface area contributed by atoms with Crippen LogP contribution in [0.1, 0.15) is 32.1 Å². The average molecular weight is 177 g/mol. The van der Waals surface area contributed by atoms with Crippen molar-refractivity contribution in [2.45, 2.75) is 38.2 Å². The molecule has 0 radical (unpaired) electrons. The van der Waals surface area contributed by atoms with E-state index in [0.717, 1.165) is 24.7 Å². The van der Waals surface area contributed by atoms with Gasteiger partial charge in [-0.3, -0.25) is 0 Å². The summed E-state index contributed by atoms with van der Waals surface area (Å²) in [6.45, 7) is 0. The van der Waals surface area contributed by atoms with Gasteiger partial charge in [0.1, 0.15) is 0 Å². The molecule has 4 rings (SSSR count). The Morgan fingerprint density at radius 3 is 2.31 bits per heavy atom. The molecule has 1 N–H and O–H groups in total. The van der Waals surface area contributed by atoms with Gasteiger partial charge in [0.2, 0.25) is 0 Å². The predicted octanol–water partition coefficient (Wildman–Crippen LogP) is 1.70. The molecule has 4 aliphatic rings. The quantitative estimate of drug-likeness (QED) is 0.612. The van der Waals surface area contributed by atoms with Crippen LogP contribution in [0.15, 0.2) is 0 Å². The van der Waals surface area contributed by atoms with Gasteiger partial charge in [0, 0.05) is 0 Å². The maximum Gasteiger partial charge on any atom is 0.0840 e. The highest BCUT2D eigenvalue weighted by molar-refractivity contribution is 5.15. The molecule has 13 heavy (non-hydrogen) atoms. The number of nitrogens with zero attached hydrogens (tertiary/aromatic N) is 1. The first-order valence-corrected chi connectivity index (χ1v) is 5.33. The van der Waals surface area contributed by atoms with Crippen LogP contribution in [-0.4, -0.2) is 11.2 Å². The molecular formula is C11H15NO. The van der Waals surface area contributed by atoms with E-state index in [1.807, 2.05) is 0 Å². The molecule has 0 aromatic rings. The van der Waals surface area contributed by atoms with Crippen LogP contribution in [0.5, 0.6) is 0 Å². The zero-order valence-electron chi connectivity index (χ0n) is 7.74. The van der Waals surface area contributed by atoms with Gasteiger partial charge in [0.15, 0.2) is 0 Å². The third-order valence-electron chi connectivity index (χ3n) is 4.48. The van der Waals surface area contributed by atoms with E-state index in [4.69, 9.17) is 0 Å². The van der Waals surface area contributed by atoms with Gasteiger partial charge in [-0.25, -0.2) is 0 Å². The Balaban J connectivity index is 2.01. The fourth-order valence-corrected chi connectivity index (χ4v) is 4.17. The molecule has 2 unspecified atom stereocenters. The summed E-state index contributed by atoms with van der Waals surface area (Å²) in [4.78, 5) is 0. The molecule has 0 aromatic carbocycles. The van der Waals surface area contributed by atoms with E-state index in [2.05, 4.69) is 6.07 Å². The smallest absolute Gasteiger partial charge is 0.0840 e. The predicted molar refractivity (Wildman–Crippen MR) is 47.6 cm³/mol. The lowest BCUT2D eigenvalue weighted by Gasteiger charge is -2.56. The van der Waals surface area contributed by atoms with Crippen molar-refractivity contribution in [2.24, 2.45) is 23.2 Å². The molecule has 0 aliphatic heterocycles. The van der Waals surface area contributed by atoms with Gasteiger partial charge in [-0.05, 0) is 49.9 Å². The van der Waals surface area contributed by atoms with Gasteiger partial charge >= 0.3 is 0 Å².